The van der Waals surface area contributed by atoms with Crippen molar-refractivity contribution in [3.63, 3.8) is 0 Å². The third kappa shape index (κ3) is 4.16. The van der Waals surface area contributed by atoms with E-state index in [1.165, 1.54) is 5.01 Å². The van der Waals surface area contributed by atoms with Crippen molar-refractivity contribution < 1.29 is 4.74 Å². The Morgan fingerprint density at radius 2 is 2.10 bits per heavy atom. The van der Waals surface area contributed by atoms with Crippen molar-refractivity contribution in [3.05, 3.63) is 28.5 Å². The molecule has 0 bridgehead atoms. The molecule has 5 nitrogen and oxygen atoms in total. The van der Waals surface area contributed by atoms with Crippen LogP contribution in [0.2, 0.25) is 0 Å². The minimum Gasteiger partial charge on any atom is -0.472 e. The average molecular weight is 292 g/mol. The summed E-state index contributed by atoms with van der Waals surface area (Å²) in [6, 6.07) is 0. The molecule has 1 N–H and O–H groups in total. The van der Waals surface area contributed by atoms with Gasteiger partial charge in [0, 0.05) is 30.7 Å². The highest BCUT2D eigenvalue weighted by Gasteiger charge is 2.08. The Bertz CT molecular complexity index is 541. The van der Waals surface area contributed by atoms with E-state index >= 15 is 0 Å². The molecular weight excluding hydrogens is 272 g/mol. The molecule has 2 aromatic heterocycles. The monoisotopic (exact) mass is 292 g/mol. The number of nitrogens with zero attached hydrogens (tertiary/aromatic N) is 3. The molecule has 0 saturated heterocycles. The second kappa shape index (κ2) is 7.19. The van der Waals surface area contributed by atoms with Crippen molar-refractivity contribution in [2.75, 3.05) is 11.9 Å². The van der Waals surface area contributed by atoms with E-state index in [-0.39, 0.29) is 6.10 Å². The van der Waals surface area contributed by atoms with Gasteiger partial charge in [-0.3, -0.25) is 0 Å². The van der Waals surface area contributed by atoms with Gasteiger partial charge in [-0.1, -0.05) is 6.92 Å². The topological polar surface area (TPSA) is 59.9 Å². The third-order valence-corrected chi connectivity index (χ3v) is 3.63. The highest BCUT2D eigenvalue weighted by Crippen LogP contribution is 2.19. The summed E-state index contributed by atoms with van der Waals surface area (Å²) in [7, 11) is 0. The normalized spacial score (nSPS) is 10.8. The van der Waals surface area contributed by atoms with Crippen molar-refractivity contribution >= 4 is 17.2 Å². The van der Waals surface area contributed by atoms with Gasteiger partial charge in [0.1, 0.15) is 0 Å². The van der Waals surface area contributed by atoms with Crippen LogP contribution in [0.15, 0.2) is 17.8 Å². The van der Waals surface area contributed by atoms with Gasteiger partial charge in [-0.15, -0.1) is 11.3 Å². The molecule has 0 fully saturated rings. The maximum Gasteiger partial charge on any atom is 0.257 e. The predicted octanol–water partition coefficient (Wildman–Crippen LogP) is 2.94. The second-order valence-corrected chi connectivity index (χ2v) is 5.58. The fourth-order valence-corrected chi connectivity index (χ4v) is 2.47. The maximum atomic E-state index is 5.62. The van der Waals surface area contributed by atoms with Crippen LogP contribution in [-0.4, -0.2) is 27.6 Å². The Balaban J connectivity index is 1.90. The fourth-order valence-electron chi connectivity index (χ4n) is 1.69. The predicted molar refractivity (Wildman–Crippen MR) is 81.5 cm³/mol. The summed E-state index contributed by atoms with van der Waals surface area (Å²) in [5, 5.41) is 6.56. The number of aromatic nitrogens is 3. The first-order chi connectivity index (χ1) is 9.69. The van der Waals surface area contributed by atoms with Gasteiger partial charge in [0.05, 0.1) is 16.8 Å². The summed E-state index contributed by atoms with van der Waals surface area (Å²) in [6.45, 7) is 6.83. The minimum absolute atomic E-state index is 0.0814. The van der Waals surface area contributed by atoms with Crippen molar-refractivity contribution in [3.8, 4) is 5.88 Å². The SMILES string of the molecule is CCc1nc(CCNc2nccnc2OC(C)C)cs1. The summed E-state index contributed by atoms with van der Waals surface area (Å²) < 4.78 is 5.62. The van der Waals surface area contributed by atoms with Crippen LogP contribution in [0.5, 0.6) is 5.88 Å². The molecule has 2 rings (SSSR count). The standard InChI is InChI=1S/C14H20N4OS/c1-4-12-18-11(9-20-12)5-6-15-13-14(19-10(2)3)17-8-7-16-13/h7-10H,4-6H2,1-3H3,(H,15,16). The van der Waals surface area contributed by atoms with Crippen molar-refractivity contribution in [2.45, 2.75) is 39.7 Å². The number of aryl methyl sites for hydroxylation is 1. The second-order valence-electron chi connectivity index (χ2n) is 4.64. The molecule has 2 aromatic rings. The molecule has 0 unspecified atom stereocenters. The van der Waals surface area contributed by atoms with Gasteiger partial charge < -0.3 is 10.1 Å². The van der Waals surface area contributed by atoms with Gasteiger partial charge in [0.15, 0.2) is 5.82 Å². The molecule has 0 saturated carbocycles. The van der Waals surface area contributed by atoms with Gasteiger partial charge in [0.25, 0.3) is 5.88 Å². The van der Waals surface area contributed by atoms with Crippen LogP contribution in [0, 0.1) is 0 Å². The van der Waals surface area contributed by atoms with Crippen LogP contribution in [0.25, 0.3) is 0 Å². The molecule has 0 amide bonds. The Morgan fingerprint density at radius 3 is 2.80 bits per heavy atom. The molecule has 0 radical (unpaired) electrons. The molecule has 6 heteroatoms. The van der Waals surface area contributed by atoms with E-state index < -0.39 is 0 Å². The van der Waals surface area contributed by atoms with E-state index in [1.54, 1.807) is 23.7 Å². The van der Waals surface area contributed by atoms with Gasteiger partial charge in [-0.2, -0.15) is 0 Å². The lowest BCUT2D eigenvalue weighted by molar-refractivity contribution is 0.233. The van der Waals surface area contributed by atoms with Crippen molar-refractivity contribution in [1.82, 2.24) is 15.0 Å². The first-order valence-electron chi connectivity index (χ1n) is 6.83. The minimum atomic E-state index is 0.0814. The Labute approximate surface area is 123 Å². The van der Waals surface area contributed by atoms with E-state index in [9.17, 15) is 0 Å². The summed E-state index contributed by atoms with van der Waals surface area (Å²) in [6.07, 6.45) is 5.24. The Morgan fingerprint density at radius 1 is 1.30 bits per heavy atom. The van der Waals surface area contributed by atoms with Crippen LogP contribution < -0.4 is 10.1 Å². The molecule has 0 aliphatic rings. The number of hydrogen-bond donors (Lipinski definition) is 1. The third-order valence-electron chi connectivity index (χ3n) is 2.59. The van der Waals surface area contributed by atoms with Gasteiger partial charge >= 0.3 is 0 Å². The summed E-state index contributed by atoms with van der Waals surface area (Å²) >= 11 is 1.72. The highest BCUT2D eigenvalue weighted by atomic mass is 32.1. The molecule has 108 valence electrons. The van der Waals surface area contributed by atoms with Crippen LogP contribution in [0.3, 0.4) is 0 Å². The Hall–Kier alpha value is -1.69. The fraction of sp³-hybridized carbons (Fsp3) is 0.500. The highest BCUT2D eigenvalue weighted by molar-refractivity contribution is 7.09. The van der Waals surface area contributed by atoms with Gasteiger partial charge in [0.2, 0.25) is 0 Å². The van der Waals surface area contributed by atoms with Crippen molar-refractivity contribution in [2.24, 2.45) is 0 Å². The average Bonchev–Trinajstić information content (AvgIpc) is 2.88. The van der Waals surface area contributed by atoms with Crippen LogP contribution in [0.4, 0.5) is 5.82 Å². The van der Waals surface area contributed by atoms with Crippen LogP contribution in [-0.2, 0) is 12.8 Å². The summed E-state index contributed by atoms with van der Waals surface area (Å²) in [5.41, 5.74) is 1.12. The van der Waals surface area contributed by atoms with E-state index in [1.807, 2.05) is 13.8 Å². The molecule has 0 aromatic carbocycles. The molecular formula is C14H20N4OS. The van der Waals surface area contributed by atoms with E-state index in [0.717, 1.165) is 25.1 Å². The van der Waals surface area contributed by atoms with E-state index in [4.69, 9.17) is 4.74 Å². The lowest BCUT2D eigenvalue weighted by Gasteiger charge is -2.12. The smallest absolute Gasteiger partial charge is 0.257 e. The first kappa shape index (κ1) is 14.7. The number of nitrogens with one attached hydrogen (secondary N) is 1. The Kier molecular flexibility index (Phi) is 5.29. The number of rotatable bonds is 7. The number of anilines is 1. The molecule has 0 aliphatic carbocycles. The zero-order chi connectivity index (χ0) is 14.4. The summed E-state index contributed by atoms with van der Waals surface area (Å²) in [4.78, 5) is 13.0. The van der Waals surface area contributed by atoms with Crippen molar-refractivity contribution in [1.29, 1.82) is 0 Å². The molecule has 0 spiro atoms. The quantitative estimate of drug-likeness (QED) is 0.850. The molecule has 20 heavy (non-hydrogen) atoms. The van der Waals surface area contributed by atoms with E-state index in [0.29, 0.717) is 11.7 Å². The van der Waals surface area contributed by atoms with Crippen LogP contribution in [0.1, 0.15) is 31.5 Å². The largest absolute Gasteiger partial charge is 0.472 e. The van der Waals surface area contributed by atoms with Crippen LogP contribution >= 0.6 is 11.3 Å². The molecule has 0 aliphatic heterocycles. The lowest BCUT2D eigenvalue weighted by atomic mass is 10.3. The number of hydrogen-bond acceptors (Lipinski definition) is 6. The van der Waals surface area contributed by atoms with Gasteiger partial charge in [-0.05, 0) is 20.3 Å². The zero-order valence-electron chi connectivity index (χ0n) is 12.1. The molecule has 2 heterocycles. The number of thiazole rings is 1. The maximum absolute atomic E-state index is 5.62. The first-order valence-corrected chi connectivity index (χ1v) is 7.71. The molecule has 0 atom stereocenters. The van der Waals surface area contributed by atoms with E-state index in [2.05, 4.69) is 32.6 Å². The van der Waals surface area contributed by atoms with Gasteiger partial charge in [-0.25, -0.2) is 15.0 Å². The lowest BCUT2D eigenvalue weighted by Crippen LogP contribution is -2.12. The zero-order valence-corrected chi connectivity index (χ0v) is 12.9. The summed E-state index contributed by atoms with van der Waals surface area (Å²) in [5.74, 6) is 1.24. The number of ether oxygens (including phenoxy) is 1.